The lowest BCUT2D eigenvalue weighted by atomic mass is 10.0. The van der Waals surface area contributed by atoms with E-state index in [0.717, 1.165) is 17.4 Å². The largest absolute Gasteiger partial charge is 0.452 e. The Morgan fingerprint density at radius 1 is 1.03 bits per heavy atom. The Balaban J connectivity index is 1.29. The summed E-state index contributed by atoms with van der Waals surface area (Å²) in [5.74, 6) is -2.16. The smallest absolute Gasteiger partial charge is 0.338 e. The lowest BCUT2D eigenvalue weighted by molar-refractivity contribution is -0.384. The minimum absolute atomic E-state index is 0.0564. The number of sulfone groups is 1. The number of hydrogen-bond acceptors (Lipinski definition) is 10. The third-order valence-electron chi connectivity index (χ3n) is 5.34. The highest BCUT2D eigenvalue weighted by Gasteiger charge is 2.35. The number of amides is 1. The van der Waals surface area contributed by atoms with Crippen molar-refractivity contribution in [2.45, 2.75) is 9.79 Å². The van der Waals surface area contributed by atoms with Gasteiger partial charge in [0.2, 0.25) is 9.84 Å². The van der Waals surface area contributed by atoms with Crippen LogP contribution in [0.25, 0.3) is 10.2 Å². The van der Waals surface area contributed by atoms with Gasteiger partial charge >= 0.3 is 5.97 Å². The molecule has 180 valence electrons. The third-order valence-corrected chi connectivity index (χ3v) is 8.12. The van der Waals surface area contributed by atoms with Gasteiger partial charge in [-0.05, 0) is 36.4 Å². The number of fused-ring (bicyclic) bond motifs is 3. The zero-order valence-corrected chi connectivity index (χ0v) is 19.6. The molecule has 11 nitrogen and oxygen atoms in total. The van der Waals surface area contributed by atoms with E-state index in [4.69, 9.17) is 4.74 Å². The lowest BCUT2D eigenvalue weighted by Gasteiger charge is -2.19. The van der Waals surface area contributed by atoms with E-state index in [9.17, 15) is 32.9 Å². The number of esters is 1. The van der Waals surface area contributed by atoms with Crippen LogP contribution in [0.3, 0.4) is 0 Å². The van der Waals surface area contributed by atoms with Gasteiger partial charge in [0, 0.05) is 23.3 Å². The molecule has 3 aromatic carbocycles. The van der Waals surface area contributed by atoms with Crippen molar-refractivity contribution in [3.8, 4) is 0 Å². The maximum absolute atomic E-state index is 13.0. The quantitative estimate of drug-likeness (QED) is 0.207. The summed E-state index contributed by atoms with van der Waals surface area (Å²) in [6.45, 7) is -0.694. The molecular weight excluding hydrogens is 510 g/mol. The highest BCUT2D eigenvalue weighted by molar-refractivity contribution is 7.91. The molecule has 4 aromatic rings. The van der Waals surface area contributed by atoms with Gasteiger partial charge in [0.1, 0.15) is 0 Å². The summed E-state index contributed by atoms with van der Waals surface area (Å²) in [4.78, 5) is 51.5. The summed E-state index contributed by atoms with van der Waals surface area (Å²) in [7, 11) is -4.04. The molecular formula is C23H13N3O8S2. The van der Waals surface area contributed by atoms with Crippen LogP contribution in [0.1, 0.15) is 26.3 Å². The van der Waals surface area contributed by atoms with Crippen molar-refractivity contribution < 1.29 is 32.5 Å². The van der Waals surface area contributed by atoms with Gasteiger partial charge in [-0.25, -0.2) is 18.2 Å². The number of thiazole rings is 1. The SMILES string of the molecule is O=C(COC(=O)c1ccc2c(c1)S(=O)(=O)c1ccccc1C2=O)Nc1nc2ccc([N+](=O)[O-])cc2s1. The van der Waals surface area contributed by atoms with Crippen molar-refractivity contribution in [1.29, 1.82) is 0 Å². The highest BCUT2D eigenvalue weighted by atomic mass is 32.2. The number of non-ortho nitro benzene ring substituents is 1. The van der Waals surface area contributed by atoms with Crippen molar-refractivity contribution in [1.82, 2.24) is 4.98 Å². The second-order valence-corrected chi connectivity index (χ2v) is 10.5. The van der Waals surface area contributed by atoms with Gasteiger partial charge in [0.25, 0.3) is 11.6 Å². The first-order chi connectivity index (χ1) is 17.1. The van der Waals surface area contributed by atoms with Crippen molar-refractivity contribution in [3.63, 3.8) is 0 Å². The number of benzene rings is 3. The summed E-state index contributed by atoms with van der Waals surface area (Å²) < 4.78 is 31.5. The number of aromatic nitrogens is 1. The predicted molar refractivity (Wildman–Crippen MR) is 127 cm³/mol. The molecule has 0 saturated heterocycles. The van der Waals surface area contributed by atoms with Crippen LogP contribution < -0.4 is 5.32 Å². The Morgan fingerprint density at radius 3 is 2.56 bits per heavy atom. The predicted octanol–water partition coefficient (Wildman–Crippen LogP) is 3.38. The summed E-state index contributed by atoms with van der Waals surface area (Å²) in [5.41, 5.74) is 0.185. The lowest BCUT2D eigenvalue weighted by Crippen LogP contribution is -2.22. The van der Waals surface area contributed by atoms with E-state index in [1.54, 1.807) is 6.07 Å². The molecule has 13 heteroatoms. The number of nitrogens with one attached hydrogen (secondary N) is 1. The van der Waals surface area contributed by atoms with Crippen LogP contribution in [0.15, 0.2) is 70.5 Å². The molecule has 0 saturated carbocycles. The summed E-state index contributed by atoms with van der Waals surface area (Å²) in [6, 6.07) is 13.4. The Labute approximate surface area is 206 Å². The average molecular weight is 524 g/mol. The van der Waals surface area contributed by atoms with E-state index >= 15 is 0 Å². The fraction of sp³-hybridized carbons (Fsp3) is 0.0435. The summed E-state index contributed by atoms with van der Waals surface area (Å²) in [5, 5.41) is 13.5. The maximum Gasteiger partial charge on any atom is 0.338 e. The number of nitro benzene ring substituents is 1. The topological polar surface area (TPSA) is 163 Å². The van der Waals surface area contributed by atoms with Crippen molar-refractivity contribution in [3.05, 3.63) is 87.5 Å². The molecule has 0 unspecified atom stereocenters. The van der Waals surface area contributed by atoms with Crippen LogP contribution >= 0.6 is 11.3 Å². The Morgan fingerprint density at radius 2 is 1.78 bits per heavy atom. The number of hydrogen-bond donors (Lipinski definition) is 1. The minimum Gasteiger partial charge on any atom is -0.452 e. The van der Waals surface area contributed by atoms with Crippen LogP contribution in [0, 0.1) is 10.1 Å². The van der Waals surface area contributed by atoms with Gasteiger partial charge in [-0.2, -0.15) is 0 Å². The fourth-order valence-electron chi connectivity index (χ4n) is 3.66. The molecule has 1 aliphatic heterocycles. The first-order valence-corrected chi connectivity index (χ1v) is 12.5. The molecule has 1 amide bonds. The molecule has 5 rings (SSSR count). The molecule has 36 heavy (non-hydrogen) atoms. The monoisotopic (exact) mass is 523 g/mol. The number of nitrogens with zero attached hydrogens (tertiary/aromatic N) is 2. The van der Waals surface area contributed by atoms with Gasteiger partial charge in [-0.15, -0.1) is 0 Å². The van der Waals surface area contributed by atoms with E-state index in [0.29, 0.717) is 10.2 Å². The van der Waals surface area contributed by atoms with E-state index in [1.807, 2.05) is 0 Å². The molecule has 2 heterocycles. The first-order valence-electron chi connectivity index (χ1n) is 10.2. The van der Waals surface area contributed by atoms with Gasteiger partial charge in [-0.3, -0.25) is 25.0 Å². The number of carbonyl (C=O) groups excluding carboxylic acids is 3. The van der Waals surface area contributed by atoms with Crippen molar-refractivity contribution in [2.75, 3.05) is 11.9 Å². The van der Waals surface area contributed by atoms with E-state index in [-0.39, 0.29) is 37.3 Å². The fourth-order valence-corrected chi connectivity index (χ4v) is 6.25. The van der Waals surface area contributed by atoms with Crippen LogP contribution in [0.2, 0.25) is 0 Å². The van der Waals surface area contributed by atoms with Crippen LogP contribution in [0.5, 0.6) is 0 Å². The number of nitro groups is 1. The summed E-state index contributed by atoms with van der Waals surface area (Å²) >= 11 is 1.01. The third kappa shape index (κ3) is 3.99. The molecule has 1 aliphatic rings. The second-order valence-electron chi connectivity index (χ2n) is 7.59. The number of ketones is 1. The maximum atomic E-state index is 13.0. The zero-order chi connectivity index (χ0) is 25.6. The minimum atomic E-state index is -4.04. The normalized spacial score (nSPS) is 13.5. The standard InChI is InChI=1S/C23H13N3O8S2/c27-20(25-23-24-16-8-6-13(26(30)31)10-17(16)35-23)11-34-22(29)12-5-7-15-19(9-12)36(32,33)18-4-2-1-3-14(18)21(15)28/h1-10H,11H2,(H,24,25,27). The number of ether oxygens (including phenoxy) is 1. The Kier molecular flexibility index (Phi) is 5.57. The van der Waals surface area contributed by atoms with Gasteiger partial charge in [0.05, 0.1) is 30.5 Å². The number of carbonyl (C=O) groups is 3. The summed E-state index contributed by atoms with van der Waals surface area (Å²) in [6.07, 6.45) is 0. The number of anilines is 1. The van der Waals surface area contributed by atoms with Gasteiger partial charge in [-0.1, -0.05) is 23.5 Å². The van der Waals surface area contributed by atoms with E-state index in [1.165, 1.54) is 48.5 Å². The first kappa shape index (κ1) is 23.3. The Hall–Kier alpha value is -4.49. The van der Waals surface area contributed by atoms with E-state index < -0.39 is 39.0 Å². The van der Waals surface area contributed by atoms with Crippen molar-refractivity contribution in [2.24, 2.45) is 0 Å². The zero-order valence-electron chi connectivity index (χ0n) is 18.0. The van der Waals surface area contributed by atoms with Crippen LogP contribution in [0.4, 0.5) is 10.8 Å². The van der Waals surface area contributed by atoms with Gasteiger partial charge < -0.3 is 4.74 Å². The second kappa shape index (κ2) is 8.62. The molecule has 0 bridgehead atoms. The molecule has 0 fully saturated rings. The molecule has 1 N–H and O–H groups in total. The molecule has 0 radical (unpaired) electrons. The molecule has 0 spiro atoms. The molecule has 0 aliphatic carbocycles. The van der Waals surface area contributed by atoms with Gasteiger partial charge in [0.15, 0.2) is 17.5 Å². The molecule has 0 atom stereocenters. The number of rotatable bonds is 5. The van der Waals surface area contributed by atoms with E-state index in [2.05, 4.69) is 10.3 Å². The van der Waals surface area contributed by atoms with Crippen LogP contribution in [-0.4, -0.2) is 42.6 Å². The van der Waals surface area contributed by atoms with Crippen LogP contribution in [-0.2, 0) is 19.4 Å². The van der Waals surface area contributed by atoms with Crippen molar-refractivity contribution >= 4 is 59.9 Å². The molecule has 1 aromatic heterocycles. The highest BCUT2D eigenvalue weighted by Crippen LogP contribution is 2.35. The average Bonchev–Trinajstić information content (AvgIpc) is 3.27. The Bertz CT molecular complexity index is 1730.